The molecule has 0 unspecified atom stereocenters. The Hall–Kier alpha value is -2.83. The second-order valence-electron chi connectivity index (χ2n) is 3.93. The fourth-order valence-electron chi connectivity index (χ4n) is 1.59. The van der Waals surface area contributed by atoms with Gasteiger partial charge in [-0.2, -0.15) is 5.10 Å². The van der Waals surface area contributed by atoms with Crippen LogP contribution >= 0.6 is 0 Å². The van der Waals surface area contributed by atoms with E-state index in [1.165, 1.54) is 6.20 Å². The molecule has 0 atom stereocenters. The van der Waals surface area contributed by atoms with E-state index in [0.29, 0.717) is 22.5 Å². The van der Waals surface area contributed by atoms with Crippen LogP contribution in [0.3, 0.4) is 0 Å². The molecule has 1 aromatic heterocycles. The van der Waals surface area contributed by atoms with E-state index < -0.39 is 0 Å². The molecule has 0 aliphatic carbocycles. The normalized spacial score (nSPS) is 11.3. The first-order valence-electron chi connectivity index (χ1n) is 5.51. The molecule has 7 heteroatoms. The molecule has 0 fully saturated rings. The number of carbonyl (C=O) groups is 1. The number of benzene rings is 1. The molecule has 19 heavy (non-hydrogen) atoms. The lowest BCUT2D eigenvalue weighted by molar-refractivity contribution is 0.102. The average molecular weight is 259 g/mol. The number of carbonyl (C=O) groups excluding carboxylic acids is 1. The van der Waals surface area contributed by atoms with Crippen LogP contribution in [0.2, 0.25) is 0 Å². The summed E-state index contributed by atoms with van der Waals surface area (Å²) in [5.74, 6) is -0.293. The minimum absolute atomic E-state index is 0.0180. The fourth-order valence-corrected chi connectivity index (χ4v) is 1.59. The highest BCUT2D eigenvalue weighted by Crippen LogP contribution is 2.13. The summed E-state index contributed by atoms with van der Waals surface area (Å²) in [4.78, 5) is 12.0. The summed E-state index contributed by atoms with van der Waals surface area (Å²) in [6.07, 6.45) is 1.46. The van der Waals surface area contributed by atoms with E-state index in [-0.39, 0.29) is 11.7 Å². The van der Waals surface area contributed by atoms with Crippen molar-refractivity contribution in [3.8, 4) is 0 Å². The number of hydrogen-bond donors (Lipinski definition) is 4. The quantitative estimate of drug-likeness (QED) is 0.285. The van der Waals surface area contributed by atoms with Crippen LogP contribution in [0.15, 0.2) is 35.6 Å². The number of amidine groups is 1. The summed E-state index contributed by atoms with van der Waals surface area (Å²) in [6, 6.07) is 6.70. The number of nitrogens with two attached hydrogens (primary N) is 1. The molecular weight excluding hydrogens is 246 g/mol. The van der Waals surface area contributed by atoms with E-state index in [1.54, 1.807) is 31.2 Å². The minimum atomic E-state index is -0.275. The lowest BCUT2D eigenvalue weighted by Crippen LogP contribution is -2.15. The SMILES string of the molecule is Cc1[nH]ncc1C(=O)Nc1cccc(C(N)=NO)c1. The maximum absolute atomic E-state index is 12.0. The summed E-state index contributed by atoms with van der Waals surface area (Å²) < 4.78 is 0. The van der Waals surface area contributed by atoms with Crippen molar-refractivity contribution in [2.75, 3.05) is 5.32 Å². The summed E-state index contributed by atoms with van der Waals surface area (Å²) in [5, 5.41) is 20.7. The number of H-pyrrole nitrogens is 1. The molecule has 0 aliphatic heterocycles. The highest BCUT2D eigenvalue weighted by atomic mass is 16.4. The summed E-state index contributed by atoms with van der Waals surface area (Å²) >= 11 is 0. The van der Waals surface area contributed by atoms with Crippen molar-refractivity contribution in [3.05, 3.63) is 47.3 Å². The number of aromatic nitrogens is 2. The number of nitrogens with zero attached hydrogens (tertiary/aromatic N) is 2. The molecule has 0 saturated heterocycles. The molecule has 1 amide bonds. The van der Waals surface area contributed by atoms with Gasteiger partial charge in [0.25, 0.3) is 5.91 Å². The highest BCUT2D eigenvalue weighted by Gasteiger charge is 2.11. The molecule has 2 rings (SSSR count). The van der Waals surface area contributed by atoms with E-state index >= 15 is 0 Å². The first-order chi connectivity index (χ1) is 9.11. The van der Waals surface area contributed by atoms with E-state index in [9.17, 15) is 4.79 Å². The third kappa shape index (κ3) is 2.71. The van der Waals surface area contributed by atoms with Crippen molar-refractivity contribution in [3.63, 3.8) is 0 Å². The zero-order valence-electron chi connectivity index (χ0n) is 10.2. The molecular formula is C12H13N5O2. The molecule has 0 radical (unpaired) electrons. The molecule has 0 bridgehead atoms. The van der Waals surface area contributed by atoms with Gasteiger partial charge in [-0.05, 0) is 19.1 Å². The first kappa shape index (κ1) is 12.6. The van der Waals surface area contributed by atoms with Crippen LogP contribution in [0.5, 0.6) is 0 Å². The van der Waals surface area contributed by atoms with Gasteiger partial charge in [0, 0.05) is 16.9 Å². The van der Waals surface area contributed by atoms with Crippen LogP contribution in [0.25, 0.3) is 0 Å². The fraction of sp³-hybridized carbons (Fsp3) is 0.0833. The average Bonchev–Trinajstić information content (AvgIpc) is 2.84. The Labute approximate surface area is 109 Å². The standard InChI is InChI=1S/C12H13N5O2/c1-7-10(6-14-16-7)12(18)15-9-4-2-3-8(5-9)11(13)17-19/h2-6,19H,1H3,(H2,13,17)(H,14,16)(H,15,18). The first-order valence-corrected chi connectivity index (χ1v) is 5.51. The Bertz CT molecular complexity index is 633. The summed E-state index contributed by atoms with van der Waals surface area (Å²) in [5.41, 5.74) is 7.71. The predicted octanol–water partition coefficient (Wildman–Crippen LogP) is 1.06. The van der Waals surface area contributed by atoms with E-state index in [2.05, 4.69) is 20.7 Å². The zero-order chi connectivity index (χ0) is 13.8. The van der Waals surface area contributed by atoms with Crippen molar-refractivity contribution in [2.24, 2.45) is 10.9 Å². The van der Waals surface area contributed by atoms with Gasteiger partial charge < -0.3 is 16.3 Å². The molecule has 2 aromatic rings. The number of rotatable bonds is 3. The summed E-state index contributed by atoms with van der Waals surface area (Å²) in [7, 11) is 0. The highest BCUT2D eigenvalue weighted by molar-refractivity contribution is 6.05. The number of aromatic amines is 1. The van der Waals surface area contributed by atoms with E-state index in [4.69, 9.17) is 10.9 Å². The lowest BCUT2D eigenvalue weighted by atomic mass is 10.1. The smallest absolute Gasteiger partial charge is 0.259 e. The van der Waals surface area contributed by atoms with Gasteiger partial charge >= 0.3 is 0 Å². The lowest BCUT2D eigenvalue weighted by Gasteiger charge is -2.06. The van der Waals surface area contributed by atoms with Gasteiger partial charge in [-0.15, -0.1) is 0 Å². The number of aryl methyl sites for hydroxylation is 1. The number of anilines is 1. The van der Waals surface area contributed by atoms with Gasteiger partial charge in [-0.1, -0.05) is 17.3 Å². The zero-order valence-corrected chi connectivity index (χ0v) is 10.2. The molecule has 98 valence electrons. The van der Waals surface area contributed by atoms with Crippen LogP contribution < -0.4 is 11.1 Å². The minimum Gasteiger partial charge on any atom is -0.409 e. The molecule has 1 heterocycles. The Morgan fingerprint density at radius 1 is 1.53 bits per heavy atom. The largest absolute Gasteiger partial charge is 0.409 e. The second-order valence-corrected chi connectivity index (χ2v) is 3.93. The van der Waals surface area contributed by atoms with Gasteiger partial charge in [0.1, 0.15) is 0 Å². The molecule has 7 nitrogen and oxygen atoms in total. The van der Waals surface area contributed by atoms with Gasteiger partial charge in [0.05, 0.1) is 11.8 Å². The number of hydrogen-bond acceptors (Lipinski definition) is 4. The Morgan fingerprint density at radius 2 is 2.32 bits per heavy atom. The van der Waals surface area contributed by atoms with Crippen molar-refractivity contribution in [1.29, 1.82) is 0 Å². The van der Waals surface area contributed by atoms with Crippen molar-refractivity contribution in [2.45, 2.75) is 6.92 Å². The van der Waals surface area contributed by atoms with Gasteiger partial charge in [-0.25, -0.2) is 0 Å². The maximum Gasteiger partial charge on any atom is 0.259 e. The van der Waals surface area contributed by atoms with Gasteiger partial charge in [0.15, 0.2) is 5.84 Å². The van der Waals surface area contributed by atoms with Gasteiger partial charge in [0.2, 0.25) is 0 Å². The van der Waals surface area contributed by atoms with Crippen LogP contribution in [-0.4, -0.2) is 27.1 Å². The van der Waals surface area contributed by atoms with Crippen LogP contribution in [0.4, 0.5) is 5.69 Å². The maximum atomic E-state index is 12.0. The third-order valence-corrected chi connectivity index (χ3v) is 2.60. The van der Waals surface area contributed by atoms with Crippen molar-refractivity contribution in [1.82, 2.24) is 10.2 Å². The second kappa shape index (κ2) is 5.21. The predicted molar refractivity (Wildman–Crippen MR) is 70.2 cm³/mol. The number of nitrogens with one attached hydrogen (secondary N) is 2. The topological polar surface area (TPSA) is 116 Å². The van der Waals surface area contributed by atoms with E-state index in [1.807, 2.05) is 0 Å². The van der Waals surface area contributed by atoms with Crippen LogP contribution in [0, 0.1) is 6.92 Å². The van der Waals surface area contributed by atoms with Crippen LogP contribution in [-0.2, 0) is 0 Å². The monoisotopic (exact) mass is 259 g/mol. The Morgan fingerprint density at radius 3 is 2.95 bits per heavy atom. The number of oxime groups is 1. The van der Waals surface area contributed by atoms with E-state index in [0.717, 1.165) is 0 Å². The molecule has 0 saturated carbocycles. The van der Waals surface area contributed by atoms with Crippen LogP contribution in [0.1, 0.15) is 21.6 Å². The van der Waals surface area contributed by atoms with Crippen molar-refractivity contribution >= 4 is 17.4 Å². The molecule has 0 spiro atoms. The Balaban J connectivity index is 2.20. The number of amides is 1. The van der Waals surface area contributed by atoms with Gasteiger partial charge in [-0.3, -0.25) is 9.89 Å². The van der Waals surface area contributed by atoms with Crippen molar-refractivity contribution < 1.29 is 10.0 Å². The summed E-state index contributed by atoms with van der Waals surface area (Å²) in [6.45, 7) is 1.76. The molecule has 1 aromatic carbocycles. The Kier molecular flexibility index (Phi) is 3.46. The molecule has 5 N–H and O–H groups in total. The molecule has 0 aliphatic rings. The third-order valence-electron chi connectivity index (χ3n) is 2.60.